The van der Waals surface area contributed by atoms with Gasteiger partial charge in [0.15, 0.2) is 0 Å². The molecule has 0 unspecified atom stereocenters. The van der Waals surface area contributed by atoms with Crippen LogP contribution in [0.1, 0.15) is 0 Å². The van der Waals surface area contributed by atoms with Gasteiger partial charge in [0.25, 0.3) is 0 Å². The molecule has 4 heteroatoms. The van der Waals surface area contributed by atoms with Gasteiger partial charge in [0.05, 0.1) is 0 Å². The third-order valence-electron chi connectivity index (χ3n) is 2.95. The second kappa shape index (κ2) is 4.60. The predicted molar refractivity (Wildman–Crippen MR) is 70.6 cm³/mol. The molecule has 2 rings (SSSR count). The first kappa shape index (κ1) is 11.7. The molecule has 88 valence electrons. The molecule has 1 fully saturated rings. The van der Waals surface area contributed by atoms with E-state index in [9.17, 15) is 4.57 Å². The van der Waals surface area contributed by atoms with E-state index in [-0.39, 0.29) is 0 Å². The van der Waals surface area contributed by atoms with Gasteiger partial charge in [0.2, 0.25) is 0 Å². The van der Waals surface area contributed by atoms with E-state index in [1.54, 1.807) is 0 Å². The van der Waals surface area contributed by atoms with Crippen LogP contribution in [0.4, 0.5) is 5.69 Å². The molecule has 0 amide bonds. The Bertz CT molecular complexity index is 390. The third kappa shape index (κ3) is 2.66. The van der Waals surface area contributed by atoms with Crippen molar-refractivity contribution in [1.29, 1.82) is 0 Å². The fourth-order valence-corrected chi connectivity index (χ4v) is 2.81. The minimum Gasteiger partial charge on any atom is -0.369 e. The average molecular weight is 238 g/mol. The van der Waals surface area contributed by atoms with Crippen molar-refractivity contribution < 1.29 is 4.57 Å². The Morgan fingerprint density at radius 1 is 1.12 bits per heavy atom. The maximum absolute atomic E-state index is 11.9. The summed E-state index contributed by atoms with van der Waals surface area (Å²) in [6.07, 6.45) is 0. The van der Waals surface area contributed by atoms with E-state index in [1.807, 2.05) is 25.5 Å². The van der Waals surface area contributed by atoms with Crippen LogP contribution in [0.3, 0.4) is 0 Å². The lowest BCUT2D eigenvalue weighted by Gasteiger charge is -2.29. The van der Waals surface area contributed by atoms with Gasteiger partial charge in [-0.1, -0.05) is 0 Å². The van der Waals surface area contributed by atoms with Crippen molar-refractivity contribution >= 4 is 18.1 Å². The molecule has 1 N–H and O–H groups in total. The molecule has 1 aromatic carbocycles. The van der Waals surface area contributed by atoms with Crippen LogP contribution in [0, 0.1) is 0 Å². The first-order valence-corrected chi connectivity index (χ1v) is 8.29. The number of hydrogen-bond donors (Lipinski definition) is 1. The molecule has 1 aliphatic rings. The second-order valence-corrected chi connectivity index (χ2v) is 7.82. The fraction of sp³-hybridized carbons (Fsp3) is 0.500. The van der Waals surface area contributed by atoms with Crippen molar-refractivity contribution in [2.75, 3.05) is 44.4 Å². The summed E-state index contributed by atoms with van der Waals surface area (Å²) < 4.78 is 11.9. The zero-order valence-electron chi connectivity index (χ0n) is 9.94. The molecule has 1 heterocycles. The van der Waals surface area contributed by atoms with Gasteiger partial charge in [-0.05, 0) is 37.6 Å². The molecule has 16 heavy (non-hydrogen) atoms. The van der Waals surface area contributed by atoms with Crippen LogP contribution >= 0.6 is 7.14 Å². The van der Waals surface area contributed by atoms with E-state index in [1.165, 1.54) is 5.69 Å². The number of hydrogen-bond acceptors (Lipinski definition) is 3. The van der Waals surface area contributed by atoms with Gasteiger partial charge in [-0.2, -0.15) is 0 Å². The van der Waals surface area contributed by atoms with Crippen LogP contribution in [0.5, 0.6) is 0 Å². The van der Waals surface area contributed by atoms with Crippen LogP contribution in [0.2, 0.25) is 0 Å². The van der Waals surface area contributed by atoms with Crippen molar-refractivity contribution in [3.63, 3.8) is 0 Å². The SMILES string of the molecule is CP(C)(=O)c1ccc(N2CCNCC2)cc1. The minimum absolute atomic E-state index is 0.964. The number of benzene rings is 1. The van der Waals surface area contributed by atoms with Gasteiger partial charge >= 0.3 is 0 Å². The topological polar surface area (TPSA) is 32.3 Å². The summed E-state index contributed by atoms with van der Waals surface area (Å²) in [5.74, 6) is 0. The van der Waals surface area contributed by atoms with Crippen LogP contribution in [-0.2, 0) is 4.57 Å². The molecule has 0 spiro atoms. The summed E-state index contributed by atoms with van der Waals surface area (Å²) in [4.78, 5) is 2.36. The summed E-state index contributed by atoms with van der Waals surface area (Å²) in [5, 5.41) is 4.30. The van der Waals surface area contributed by atoms with Gasteiger partial charge in [-0.25, -0.2) is 0 Å². The highest BCUT2D eigenvalue weighted by atomic mass is 31.2. The van der Waals surface area contributed by atoms with Crippen molar-refractivity contribution in [3.05, 3.63) is 24.3 Å². The van der Waals surface area contributed by atoms with Gasteiger partial charge < -0.3 is 14.8 Å². The third-order valence-corrected chi connectivity index (χ3v) is 4.50. The highest BCUT2D eigenvalue weighted by molar-refractivity contribution is 7.70. The zero-order chi connectivity index (χ0) is 11.6. The summed E-state index contributed by atoms with van der Waals surface area (Å²) in [6.45, 7) is 7.81. The highest BCUT2D eigenvalue weighted by Crippen LogP contribution is 2.34. The Morgan fingerprint density at radius 3 is 2.19 bits per heavy atom. The summed E-state index contributed by atoms with van der Waals surface area (Å²) in [7, 11) is -2.11. The summed E-state index contributed by atoms with van der Waals surface area (Å²) >= 11 is 0. The fourth-order valence-electron chi connectivity index (χ4n) is 1.95. The van der Waals surface area contributed by atoms with Gasteiger partial charge in [0, 0.05) is 37.2 Å². The Hall–Kier alpha value is -0.790. The van der Waals surface area contributed by atoms with Crippen molar-refractivity contribution in [3.8, 4) is 0 Å². The Balaban J connectivity index is 2.15. The molecule has 0 aromatic heterocycles. The number of nitrogens with zero attached hydrogens (tertiary/aromatic N) is 1. The number of anilines is 1. The first-order chi connectivity index (χ1) is 7.57. The smallest absolute Gasteiger partial charge is 0.109 e. The quantitative estimate of drug-likeness (QED) is 0.789. The lowest BCUT2D eigenvalue weighted by molar-refractivity contribution is 0.587. The number of nitrogens with one attached hydrogen (secondary N) is 1. The molecular weight excluding hydrogens is 219 g/mol. The van der Waals surface area contributed by atoms with E-state index in [2.05, 4.69) is 22.3 Å². The van der Waals surface area contributed by atoms with E-state index >= 15 is 0 Å². The van der Waals surface area contributed by atoms with Gasteiger partial charge in [-0.15, -0.1) is 0 Å². The van der Waals surface area contributed by atoms with Crippen LogP contribution in [-0.4, -0.2) is 39.5 Å². The number of rotatable bonds is 2. The van der Waals surface area contributed by atoms with Crippen LogP contribution < -0.4 is 15.5 Å². The molecule has 0 saturated carbocycles. The molecule has 1 saturated heterocycles. The molecule has 3 nitrogen and oxygen atoms in total. The maximum Gasteiger partial charge on any atom is 0.109 e. The molecule has 1 aliphatic heterocycles. The minimum atomic E-state index is -2.11. The molecule has 0 aliphatic carbocycles. The zero-order valence-corrected chi connectivity index (χ0v) is 10.8. The summed E-state index contributed by atoms with van der Waals surface area (Å²) in [6, 6.07) is 8.16. The Kier molecular flexibility index (Phi) is 3.36. The largest absolute Gasteiger partial charge is 0.369 e. The average Bonchev–Trinajstić information content (AvgIpc) is 2.29. The van der Waals surface area contributed by atoms with E-state index in [0.717, 1.165) is 31.5 Å². The predicted octanol–water partition coefficient (Wildman–Crippen LogP) is 1.34. The van der Waals surface area contributed by atoms with Crippen molar-refractivity contribution in [2.45, 2.75) is 0 Å². The second-order valence-electron chi connectivity index (χ2n) is 4.60. The lowest BCUT2D eigenvalue weighted by Crippen LogP contribution is -2.43. The number of piperazine rings is 1. The summed E-state index contributed by atoms with van der Waals surface area (Å²) in [5.41, 5.74) is 1.23. The standard InChI is InChI=1S/C12H19N2OP/c1-16(2,15)12-5-3-11(4-6-12)14-9-7-13-8-10-14/h3-6,13H,7-10H2,1-2H3. The Morgan fingerprint density at radius 2 is 1.69 bits per heavy atom. The maximum atomic E-state index is 11.9. The van der Waals surface area contributed by atoms with Crippen LogP contribution in [0.25, 0.3) is 0 Å². The molecule has 0 atom stereocenters. The Labute approximate surface area is 97.2 Å². The van der Waals surface area contributed by atoms with E-state index in [0.29, 0.717) is 0 Å². The van der Waals surface area contributed by atoms with Crippen molar-refractivity contribution in [2.24, 2.45) is 0 Å². The first-order valence-electron chi connectivity index (χ1n) is 5.69. The van der Waals surface area contributed by atoms with Gasteiger partial charge in [-0.3, -0.25) is 0 Å². The van der Waals surface area contributed by atoms with E-state index < -0.39 is 7.14 Å². The molecule has 0 radical (unpaired) electrons. The van der Waals surface area contributed by atoms with Crippen molar-refractivity contribution in [1.82, 2.24) is 5.32 Å². The lowest BCUT2D eigenvalue weighted by atomic mass is 10.2. The van der Waals surface area contributed by atoms with E-state index in [4.69, 9.17) is 0 Å². The monoisotopic (exact) mass is 238 g/mol. The van der Waals surface area contributed by atoms with Gasteiger partial charge in [0.1, 0.15) is 7.14 Å². The normalized spacial score (nSPS) is 17.5. The molecule has 1 aromatic rings. The van der Waals surface area contributed by atoms with Crippen LogP contribution in [0.15, 0.2) is 24.3 Å². The highest BCUT2D eigenvalue weighted by Gasteiger charge is 2.13. The molecule has 0 bridgehead atoms. The molecular formula is C12H19N2OP.